The molecule has 1 saturated heterocycles. The van der Waals surface area contributed by atoms with Crippen LogP contribution in [-0.2, 0) is 4.74 Å². The number of ether oxygens (including phenoxy) is 1. The fourth-order valence-electron chi connectivity index (χ4n) is 2.09. The molecule has 3 nitrogen and oxygen atoms in total. The highest BCUT2D eigenvalue weighted by molar-refractivity contribution is 9.10. The lowest BCUT2D eigenvalue weighted by Gasteiger charge is -2.44. The van der Waals surface area contributed by atoms with Gasteiger partial charge in [-0.1, -0.05) is 0 Å². The molecule has 1 aromatic carbocycles. The molecule has 1 heterocycles. The third kappa shape index (κ3) is 2.40. The Hall–Kier alpha value is -0.810. The van der Waals surface area contributed by atoms with E-state index in [9.17, 15) is 4.39 Å². The van der Waals surface area contributed by atoms with E-state index in [0.717, 1.165) is 12.2 Å². The molecule has 0 saturated carbocycles. The molecule has 5 heteroatoms. The van der Waals surface area contributed by atoms with Crippen LogP contribution in [0.2, 0.25) is 0 Å². The third-order valence-corrected chi connectivity index (χ3v) is 3.61. The Labute approximate surface area is 109 Å². The Balaban J connectivity index is 2.42. The largest absolute Gasteiger partial charge is 0.397 e. The summed E-state index contributed by atoms with van der Waals surface area (Å²) in [5.74, 6) is -0.336. The lowest BCUT2D eigenvalue weighted by Crippen LogP contribution is -2.53. The number of benzene rings is 1. The molecule has 0 aromatic heterocycles. The molecule has 0 radical (unpaired) electrons. The Morgan fingerprint density at radius 1 is 1.47 bits per heavy atom. The first kappa shape index (κ1) is 12.6. The van der Waals surface area contributed by atoms with E-state index in [1.54, 1.807) is 6.07 Å². The summed E-state index contributed by atoms with van der Waals surface area (Å²) in [6, 6.07) is 3.09. The standard InChI is InChI=1S/C12H16BrFN2O/c1-12(2)7-17-4-3-16(12)11-5-8(13)9(14)6-10(11)15/h5-6H,3-4,7,15H2,1-2H3. The molecule has 2 N–H and O–H groups in total. The summed E-state index contributed by atoms with van der Waals surface area (Å²) >= 11 is 3.20. The van der Waals surface area contributed by atoms with E-state index >= 15 is 0 Å². The molecular formula is C12H16BrFN2O. The zero-order valence-corrected chi connectivity index (χ0v) is 11.6. The van der Waals surface area contributed by atoms with Crippen LogP contribution in [0.1, 0.15) is 13.8 Å². The topological polar surface area (TPSA) is 38.5 Å². The Kier molecular flexibility index (Phi) is 3.32. The number of nitrogen functional groups attached to an aromatic ring is 1. The molecule has 94 valence electrons. The van der Waals surface area contributed by atoms with Crippen LogP contribution in [0.25, 0.3) is 0 Å². The van der Waals surface area contributed by atoms with E-state index in [0.29, 0.717) is 23.4 Å². The molecule has 1 fully saturated rings. The van der Waals surface area contributed by atoms with Gasteiger partial charge in [-0.25, -0.2) is 4.39 Å². The summed E-state index contributed by atoms with van der Waals surface area (Å²) in [5.41, 5.74) is 7.08. The predicted octanol–water partition coefficient (Wildman–Crippen LogP) is 2.79. The van der Waals surface area contributed by atoms with Gasteiger partial charge in [0.15, 0.2) is 0 Å². The minimum Gasteiger partial charge on any atom is -0.397 e. The number of nitrogens with zero attached hydrogens (tertiary/aromatic N) is 1. The van der Waals surface area contributed by atoms with Crippen molar-refractivity contribution in [3.8, 4) is 0 Å². The fraction of sp³-hybridized carbons (Fsp3) is 0.500. The summed E-state index contributed by atoms with van der Waals surface area (Å²) in [7, 11) is 0. The van der Waals surface area contributed by atoms with Gasteiger partial charge in [0.05, 0.1) is 34.6 Å². The lowest BCUT2D eigenvalue weighted by atomic mass is 10.0. The molecule has 0 aliphatic carbocycles. The van der Waals surface area contributed by atoms with Gasteiger partial charge in [-0.3, -0.25) is 0 Å². The second-order valence-electron chi connectivity index (χ2n) is 4.84. The van der Waals surface area contributed by atoms with E-state index in [-0.39, 0.29) is 11.4 Å². The number of halogens is 2. The van der Waals surface area contributed by atoms with Gasteiger partial charge in [-0.05, 0) is 35.8 Å². The van der Waals surface area contributed by atoms with Crippen LogP contribution in [0.4, 0.5) is 15.8 Å². The maximum absolute atomic E-state index is 13.3. The number of anilines is 2. The molecule has 2 rings (SSSR count). The van der Waals surface area contributed by atoms with Gasteiger partial charge in [-0.15, -0.1) is 0 Å². The molecule has 1 aliphatic rings. The minimum absolute atomic E-state index is 0.135. The van der Waals surface area contributed by atoms with Crippen molar-refractivity contribution < 1.29 is 9.13 Å². The number of rotatable bonds is 1. The molecule has 1 aromatic rings. The highest BCUT2D eigenvalue weighted by Crippen LogP contribution is 2.34. The zero-order valence-electron chi connectivity index (χ0n) is 9.96. The first-order valence-corrected chi connectivity index (χ1v) is 6.31. The SMILES string of the molecule is CC1(C)COCCN1c1cc(Br)c(F)cc1N. The van der Waals surface area contributed by atoms with Crippen molar-refractivity contribution in [2.75, 3.05) is 30.4 Å². The van der Waals surface area contributed by atoms with E-state index < -0.39 is 0 Å². The predicted molar refractivity (Wildman–Crippen MR) is 70.8 cm³/mol. The Morgan fingerprint density at radius 3 is 2.82 bits per heavy atom. The van der Waals surface area contributed by atoms with Crippen LogP contribution < -0.4 is 10.6 Å². The number of hydrogen-bond donors (Lipinski definition) is 1. The summed E-state index contributed by atoms with van der Waals surface area (Å²) < 4.78 is 19.2. The van der Waals surface area contributed by atoms with Crippen LogP contribution in [0.5, 0.6) is 0 Å². The lowest BCUT2D eigenvalue weighted by molar-refractivity contribution is 0.0645. The molecule has 0 amide bonds. The van der Waals surface area contributed by atoms with Gasteiger partial charge < -0.3 is 15.4 Å². The van der Waals surface area contributed by atoms with Crippen LogP contribution in [0.3, 0.4) is 0 Å². The van der Waals surface area contributed by atoms with Gasteiger partial charge in [-0.2, -0.15) is 0 Å². The summed E-state index contributed by atoms with van der Waals surface area (Å²) in [5, 5.41) is 0. The quantitative estimate of drug-likeness (QED) is 0.811. The molecular weight excluding hydrogens is 287 g/mol. The van der Waals surface area contributed by atoms with Crippen molar-refractivity contribution in [2.24, 2.45) is 0 Å². The van der Waals surface area contributed by atoms with Gasteiger partial charge in [0.25, 0.3) is 0 Å². The third-order valence-electron chi connectivity index (χ3n) is 3.01. The number of morpholine rings is 1. The first-order valence-electron chi connectivity index (χ1n) is 5.52. The maximum Gasteiger partial charge on any atom is 0.139 e. The zero-order chi connectivity index (χ0) is 12.6. The summed E-state index contributed by atoms with van der Waals surface area (Å²) in [4.78, 5) is 2.16. The van der Waals surface area contributed by atoms with Gasteiger partial charge in [0, 0.05) is 12.6 Å². The average molecular weight is 303 g/mol. The second-order valence-corrected chi connectivity index (χ2v) is 5.70. The molecule has 0 bridgehead atoms. The van der Waals surface area contributed by atoms with Crippen LogP contribution in [-0.4, -0.2) is 25.3 Å². The summed E-state index contributed by atoms with van der Waals surface area (Å²) in [6.45, 7) is 6.24. The van der Waals surface area contributed by atoms with E-state index in [1.807, 2.05) is 0 Å². The van der Waals surface area contributed by atoms with Crippen LogP contribution >= 0.6 is 15.9 Å². The average Bonchev–Trinajstić information content (AvgIpc) is 2.23. The highest BCUT2D eigenvalue weighted by atomic mass is 79.9. The maximum atomic E-state index is 13.3. The molecule has 0 atom stereocenters. The van der Waals surface area contributed by atoms with Crippen LogP contribution in [0.15, 0.2) is 16.6 Å². The van der Waals surface area contributed by atoms with Gasteiger partial charge in [0.2, 0.25) is 0 Å². The Morgan fingerprint density at radius 2 is 2.18 bits per heavy atom. The molecule has 1 aliphatic heterocycles. The minimum atomic E-state index is -0.336. The van der Waals surface area contributed by atoms with Crippen LogP contribution in [0, 0.1) is 5.82 Å². The second kappa shape index (κ2) is 4.46. The van der Waals surface area contributed by atoms with Crippen molar-refractivity contribution in [1.82, 2.24) is 0 Å². The van der Waals surface area contributed by atoms with Crippen molar-refractivity contribution in [3.63, 3.8) is 0 Å². The smallest absolute Gasteiger partial charge is 0.139 e. The number of hydrogen-bond acceptors (Lipinski definition) is 3. The van der Waals surface area contributed by atoms with E-state index in [1.165, 1.54) is 6.07 Å². The summed E-state index contributed by atoms with van der Waals surface area (Å²) in [6.07, 6.45) is 0. The highest BCUT2D eigenvalue weighted by Gasteiger charge is 2.32. The first-order chi connectivity index (χ1) is 7.92. The van der Waals surface area contributed by atoms with E-state index in [4.69, 9.17) is 10.5 Å². The molecule has 0 spiro atoms. The van der Waals surface area contributed by atoms with Crippen molar-refractivity contribution in [2.45, 2.75) is 19.4 Å². The monoisotopic (exact) mass is 302 g/mol. The fourth-order valence-corrected chi connectivity index (χ4v) is 2.42. The normalized spacial score (nSPS) is 19.4. The molecule has 17 heavy (non-hydrogen) atoms. The Bertz CT molecular complexity index is 437. The molecule has 0 unspecified atom stereocenters. The van der Waals surface area contributed by atoms with Crippen molar-refractivity contribution in [3.05, 3.63) is 22.4 Å². The van der Waals surface area contributed by atoms with Gasteiger partial charge in [0.1, 0.15) is 5.82 Å². The van der Waals surface area contributed by atoms with Gasteiger partial charge >= 0.3 is 0 Å². The van der Waals surface area contributed by atoms with Crippen molar-refractivity contribution >= 4 is 27.3 Å². The number of nitrogens with two attached hydrogens (primary N) is 1. The van der Waals surface area contributed by atoms with Crippen molar-refractivity contribution in [1.29, 1.82) is 0 Å². The van der Waals surface area contributed by atoms with E-state index in [2.05, 4.69) is 34.7 Å².